The maximum Gasteiger partial charge on any atom is 0.255 e. The first-order valence-electron chi connectivity index (χ1n) is 9.20. The van der Waals surface area contributed by atoms with Crippen LogP contribution in [0.4, 0.5) is 5.69 Å². The van der Waals surface area contributed by atoms with Gasteiger partial charge >= 0.3 is 0 Å². The Hall–Kier alpha value is -2.46. The number of morpholine rings is 1. The van der Waals surface area contributed by atoms with Crippen LogP contribution in [-0.4, -0.2) is 69.8 Å². The number of carbonyl (C=O) groups is 2. The monoisotopic (exact) mass is 451 g/mol. The predicted octanol–water partition coefficient (Wildman–Crippen LogP) is 2.32. The molecule has 3 rings (SSSR count). The second kappa shape index (κ2) is 9.13. The Morgan fingerprint density at radius 2 is 1.77 bits per heavy atom. The van der Waals surface area contributed by atoms with Gasteiger partial charge in [-0.3, -0.25) is 9.59 Å². The van der Waals surface area contributed by atoms with E-state index in [2.05, 4.69) is 5.32 Å². The van der Waals surface area contributed by atoms with Crippen LogP contribution in [0.25, 0.3) is 0 Å². The fraction of sp³-hybridized carbons (Fsp3) is 0.300. The SMILES string of the molecule is CN(C)C(=O)c1ccc(Cl)c(NC(=O)c2cccc(S(=O)(=O)N3CCOCC3)c2)c1. The summed E-state index contributed by atoms with van der Waals surface area (Å²) in [5, 5.41) is 2.91. The van der Waals surface area contributed by atoms with Crippen molar-refractivity contribution in [2.45, 2.75) is 4.90 Å². The molecule has 0 bridgehead atoms. The summed E-state index contributed by atoms with van der Waals surface area (Å²) in [5.41, 5.74) is 0.781. The molecule has 0 saturated carbocycles. The third kappa shape index (κ3) is 4.81. The third-order valence-corrected chi connectivity index (χ3v) is 6.80. The van der Waals surface area contributed by atoms with E-state index in [4.69, 9.17) is 16.3 Å². The Morgan fingerprint density at radius 3 is 2.43 bits per heavy atom. The lowest BCUT2D eigenvalue weighted by Crippen LogP contribution is -2.40. The minimum Gasteiger partial charge on any atom is -0.379 e. The summed E-state index contributed by atoms with van der Waals surface area (Å²) in [6, 6.07) is 10.4. The number of amides is 2. The van der Waals surface area contributed by atoms with Gasteiger partial charge in [0, 0.05) is 38.3 Å². The van der Waals surface area contributed by atoms with Crippen molar-refractivity contribution in [1.82, 2.24) is 9.21 Å². The Labute approximate surface area is 180 Å². The highest BCUT2D eigenvalue weighted by Crippen LogP contribution is 2.25. The molecule has 160 valence electrons. The highest BCUT2D eigenvalue weighted by molar-refractivity contribution is 7.89. The Balaban J connectivity index is 1.84. The average Bonchev–Trinajstić information content (AvgIpc) is 2.75. The second-order valence-corrected chi connectivity index (χ2v) is 9.24. The van der Waals surface area contributed by atoms with E-state index in [1.165, 1.54) is 45.6 Å². The van der Waals surface area contributed by atoms with Crippen molar-refractivity contribution in [2.75, 3.05) is 45.7 Å². The fourth-order valence-electron chi connectivity index (χ4n) is 2.94. The molecule has 0 aromatic heterocycles. The van der Waals surface area contributed by atoms with Gasteiger partial charge in [-0.1, -0.05) is 17.7 Å². The van der Waals surface area contributed by atoms with E-state index in [0.717, 1.165) is 0 Å². The molecular weight excluding hydrogens is 430 g/mol. The number of halogens is 1. The highest BCUT2D eigenvalue weighted by atomic mass is 35.5. The van der Waals surface area contributed by atoms with E-state index in [0.29, 0.717) is 18.8 Å². The van der Waals surface area contributed by atoms with Gasteiger partial charge in [-0.25, -0.2) is 8.42 Å². The number of nitrogens with zero attached hydrogens (tertiary/aromatic N) is 2. The number of rotatable bonds is 5. The van der Waals surface area contributed by atoms with Crippen molar-refractivity contribution < 1.29 is 22.7 Å². The molecule has 1 heterocycles. The highest BCUT2D eigenvalue weighted by Gasteiger charge is 2.27. The van der Waals surface area contributed by atoms with Crippen molar-refractivity contribution in [2.24, 2.45) is 0 Å². The first-order valence-corrected chi connectivity index (χ1v) is 11.0. The summed E-state index contributed by atoms with van der Waals surface area (Å²) in [5.74, 6) is -0.772. The number of hydrogen-bond donors (Lipinski definition) is 1. The normalized spacial score (nSPS) is 14.9. The third-order valence-electron chi connectivity index (χ3n) is 4.57. The first-order chi connectivity index (χ1) is 14.2. The van der Waals surface area contributed by atoms with Crippen LogP contribution in [0.3, 0.4) is 0 Å². The van der Waals surface area contributed by atoms with E-state index < -0.39 is 15.9 Å². The summed E-state index contributed by atoms with van der Waals surface area (Å²) in [6.45, 7) is 1.20. The molecule has 8 nitrogen and oxygen atoms in total. The average molecular weight is 452 g/mol. The smallest absolute Gasteiger partial charge is 0.255 e. The van der Waals surface area contributed by atoms with E-state index in [9.17, 15) is 18.0 Å². The van der Waals surface area contributed by atoms with Crippen LogP contribution >= 0.6 is 11.6 Å². The molecule has 0 aliphatic carbocycles. The molecule has 1 saturated heterocycles. The van der Waals surface area contributed by atoms with Gasteiger partial charge in [0.1, 0.15) is 0 Å². The van der Waals surface area contributed by atoms with E-state index in [-0.39, 0.29) is 40.2 Å². The maximum atomic E-state index is 12.8. The second-order valence-electron chi connectivity index (χ2n) is 6.89. The minimum atomic E-state index is -3.73. The molecule has 1 aliphatic heterocycles. The molecule has 1 aliphatic rings. The van der Waals surface area contributed by atoms with Gasteiger partial charge in [0.25, 0.3) is 11.8 Å². The number of hydrogen-bond acceptors (Lipinski definition) is 5. The molecule has 0 spiro atoms. The molecule has 10 heteroatoms. The van der Waals surface area contributed by atoms with Gasteiger partial charge in [-0.15, -0.1) is 0 Å². The topological polar surface area (TPSA) is 96.0 Å². The zero-order chi connectivity index (χ0) is 21.9. The molecule has 30 heavy (non-hydrogen) atoms. The van der Waals surface area contributed by atoms with Gasteiger partial charge in [0.15, 0.2) is 0 Å². The lowest BCUT2D eigenvalue weighted by atomic mass is 10.1. The number of sulfonamides is 1. The standard InChI is InChI=1S/C20H22ClN3O5S/c1-23(2)20(26)15-6-7-17(21)18(13-15)22-19(25)14-4-3-5-16(12-14)30(27,28)24-8-10-29-11-9-24/h3-7,12-13H,8-11H2,1-2H3,(H,22,25). The van der Waals surface area contributed by atoms with E-state index >= 15 is 0 Å². The quantitative estimate of drug-likeness (QED) is 0.752. The lowest BCUT2D eigenvalue weighted by Gasteiger charge is -2.26. The van der Waals surface area contributed by atoms with Gasteiger partial charge < -0.3 is 15.0 Å². The van der Waals surface area contributed by atoms with Crippen LogP contribution in [0.2, 0.25) is 5.02 Å². The van der Waals surface area contributed by atoms with Crippen LogP contribution in [0.1, 0.15) is 20.7 Å². The van der Waals surface area contributed by atoms with Crippen LogP contribution in [0.5, 0.6) is 0 Å². The van der Waals surface area contributed by atoms with Crippen LogP contribution in [0.15, 0.2) is 47.4 Å². The molecule has 1 fully saturated rings. The molecule has 0 radical (unpaired) electrons. The summed E-state index contributed by atoms with van der Waals surface area (Å²) in [4.78, 5) is 26.3. The number of ether oxygens (including phenoxy) is 1. The summed E-state index contributed by atoms with van der Waals surface area (Å²) in [7, 11) is -0.488. The van der Waals surface area contributed by atoms with Crippen molar-refractivity contribution in [3.8, 4) is 0 Å². The van der Waals surface area contributed by atoms with E-state index in [1.54, 1.807) is 20.2 Å². The summed E-state index contributed by atoms with van der Waals surface area (Å²) >= 11 is 6.16. The number of benzene rings is 2. The number of carbonyl (C=O) groups excluding carboxylic acids is 2. The summed E-state index contributed by atoms with van der Waals surface area (Å²) < 4.78 is 32.2. The zero-order valence-electron chi connectivity index (χ0n) is 16.6. The Morgan fingerprint density at radius 1 is 1.07 bits per heavy atom. The van der Waals surface area contributed by atoms with Crippen molar-refractivity contribution in [1.29, 1.82) is 0 Å². The van der Waals surface area contributed by atoms with Crippen molar-refractivity contribution in [3.63, 3.8) is 0 Å². The molecule has 1 N–H and O–H groups in total. The molecule has 0 unspecified atom stereocenters. The van der Waals surface area contributed by atoms with Crippen LogP contribution < -0.4 is 5.32 Å². The van der Waals surface area contributed by atoms with Crippen molar-refractivity contribution >= 4 is 39.1 Å². The van der Waals surface area contributed by atoms with Gasteiger partial charge in [0.05, 0.1) is 28.8 Å². The maximum absolute atomic E-state index is 12.8. The predicted molar refractivity (Wildman–Crippen MR) is 113 cm³/mol. The molecule has 2 amide bonds. The lowest BCUT2D eigenvalue weighted by molar-refractivity contribution is 0.0730. The molecule has 0 atom stereocenters. The largest absolute Gasteiger partial charge is 0.379 e. The Bertz CT molecular complexity index is 1070. The number of nitrogens with one attached hydrogen (secondary N) is 1. The van der Waals surface area contributed by atoms with Crippen molar-refractivity contribution in [3.05, 3.63) is 58.6 Å². The van der Waals surface area contributed by atoms with Gasteiger partial charge in [-0.05, 0) is 36.4 Å². The van der Waals surface area contributed by atoms with Gasteiger partial charge in [0.2, 0.25) is 10.0 Å². The fourth-order valence-corrected chi connectivity index (χ4v) is 4.56. The molecule has 2 aromatic carbocycles. The van der Waals surface area contributed by atoms with Crippen LogP contribution in [0, 0.1) is 0 Å². The number of anilines is 1. The zero-order valence-corrected chi connectivity index (χ0v) is 18.2. The molecule has 2 aromatic rings. The van der Waals surface area contributed by atoms with Gasteiger partial charge in [-0.2, -0.15) is 4.31 Å². The van der Waals surface area contributed by atoms with E-state index in [1.807, 2.05) is 0 Å². The Kier molecular flexibility index (Phi) is 6.77. The first kappa shape index (κ1) is 22.2. The van der Waals surface area contributed by atoms with Crippen LogP contribution in [-0.2, 0) is 14.8 Å². The molecular formula is C20H22ClN3O5S. The summed E-state index contributed by atoms with van der Waals surface area (Å²) in [6.07, 6.45) is 0. The minimum absolute atomic E-state index is 0.0275.